The summed E-state index contributed by atoms with van der Waals surface area (Å²) in [5.74, 6) is 0.870. The fraction of sp³-hybridized carbons (Fsp3) is 0.500. The van der Waals surface area contributed by atoms with Gasteiger partial charge < -0.3 is 10.5 Å². The van der Waals surface area contributed by atoms with Crippen molar-refractivity contribution in [2.24, 2.45) is 11.1 Å². The molecule has 0 saturated carbocycles. The van der Waals surface area contributed by atoms with Crippen LogP contribution in [0.1, 0.15) is 32.4 Å². The van der Waals surface area contributed by atoms with E-state index in [0.717, 1.165) is 11.3 Å². The molecule has 0 aromatic heterocycles. The molecule has 14 heavy (non-hydrogen) atoms. The molecule has 0 aliphatic heterocycles. The van der Waals surface area contributed by atoms with Crippen LogP contribution in [0.2, 0.25) is 0 Å². The molecule has 0 unspecified atom stereocenters. The van der Waals surface area contributed by atoms with Gasteiger partial charge in [0, 0.05) is 6.04 Å². The molecule has 0 aliphatic carbocycles. The summed E-state index contributed by atoms with van der Waals surface area (Å²) in [6.07, 6.45) is 0. The third kappa shape index (κ3) is 2.48. The lowest BCUT2D eigenvalue weighted by Gasteiger charge is -2.27. The van der Waals surface area contributed by atoms with E-state index in [1.54, 1.807) is 7.11 Å². The highest BCUT2D eigenvalue weighted by molar-refractivity contribution is 5.29. The first-order valence-electron chi connectivity index (χ1n) is 4.84. The normalized spacial score (nSPS) is 13.8. The molecule has 0 bridgehead atoms. The van der Waals surface area contributed by atoms with E-state index in [2.05, 4.69) is 20.8 Å². The van der Waals surface area contributed by atoms with Crippen LogP contribution in [0.4, 0.5) is 0 Å². The van der Waals surface area contributed by atoms with Crippen molar-refractivity contribution in [1.29, 1.82) is 0 Å². The number of rotatable bonds is 2. The van der Waals surface area contributed by atoms with Gasteiger partial charge in [-0.1, -0.05) is 32.9 Å². The van der Waals surface area contributed by atoms with Gasteiger partial charge >= 0.3 is 0 Å². The molecule has 1 aromatic carbocycles. The van der Waals surface area contributed by atoms with Crippen LogP contribution in [0.5, 0.6) is 5.75 Å². The van der Waals surface area contributed by atoms with Crippen LogP contribution in [-0.4, -0.2) is 7.11 Å². The zero-order chi connectivity index (χ0) is 10.8. The molecule has 1 rings (SSSR count). The van der Waals surface area contributed by atoms with E-state index in [0.29, 0.717) is 0 Å². The number of hydrogen-bond donors (Lipinski definition) is 1. The Bertz CT molecular complexity index is 284. The summed E-state index contributed by atoms with van der Waals surface area (Å²) in [6.45, 7) is 6.42. The van der Waals surface area contributed by atoms with Crippen molar-refractivity contribution in [3.05, 3.63) is 29.8 Å². The molecule has 2 N–H and O–H groups in total. The Morgan fingerprint density at radius 2 is 1.64 bits per heavy atom. The van der Waals surface area contributed by atoms with E-state index in [1.165, 1.54) is 0 Å². The first-order valence-corrected chi connectivity index (χ1v) is 4.84. The van der Waals surface area contributed by atoms with E-state index in [4.69, 9.17) is 10.5 Å². The Hall–Kier alpha value is -1.02. The minimum absolute atomic E-state index is 0.0633. The molecule has 2 nitrogen and oxygen atoms in total. The third-order valence-corrected chi connectivity index (χ3v) is 2.41. The highest BCUT2D eigenvalue weighted by Gasteiger charge is 2.21. The van der Waals surface area contributed by atoms with E-state index in [-0.39, 0.29) is 11.5 Å². The van der Waals surface area contributed by atoms with Gasteiger partial charge in [0.05, 0.1) is 7.11 Å². The fourth-order valence-corrected chi connectivity index (χ4v) is 1.31. The van der Waals surface area contributed by atoms with Gasteiger partial charge in [0.2, 0.25) is 0 Å². The fourth-order valence-electron chi connectivity index (χ4n) is 1.31. The molecule has 0 spiro atoms. The molecular formula is C12H19NO. The van der Waals surface area contributed by atoms with Crippen molar-refractivity contribution in [2.45, 2.75) is 26.8 Å². The smallest absolute Gasteiger partial charge is 0.118 e. The molecule has 2 heteroatoms. The zero-order valence-corrected chi connectivity index (χ0v) is 9.37. The number of hydrogen-bond acceptors (Lipinski definition) is 2. The van der Waals surface area contributed by atoms with E-state index < -0.39 is 0 Å². The standard InChI is InChI=1S/C12H19NO/c1-12(2,3)11(13)9-5-7-10(14-4)8-6-9/h5-8,11H,13H2,1-4H3/t11-/m1/s1. The van der Waals surface area contributed by atoms with Gasteiger partial charge in [0.15, 0.2) is 0 Å². The van der Waals surface area contributed by atoms with Crippen molar-refractivity contribution in [3.63, 3.8) is 0 Å². The molecule has 78 valence electrons. The summed E-state index contributed by atoms with van der Waals surface area (Å²) in [6, 6.07) is 8.00. The number of nitrogens with two attached hydrogens (primary N) is 1. The summed E-state index contributed by atoms with van der Waals surface area (Å²) >= 11 is 0. The Kier molecular flexibility index (Phi) is 3.17. The zero-order valence-electron chi connectivity index (χ0n) is 9.37. The average molecular weight is 193 g/mol. The van der Waals surface area contributed by atoms with Crippen LogP contribution >= 0.6 is 0 Å². The highest BCUT2D eigenvalue weighted by atomic mass is 16.5. The van der Waals surface area contributed by atoms with Crippen molar-refractivity contribution in [2.75, 3.05) is 7.11 Å². The first-order chi connectivity index (χ1) is 6.45. The van der Waals surface area contributed by atoms with Gasteiger partial charge in [-0.15, -0.1) is 0 Å². The Morgan fingerprint density at radius 3 is 2.00 bits per heavy atom. The molecule has 0 heterocycles. The topological polar surface area (TPSA) is 35.2 Å². The lowest BCUT2D eigenvalue weighted by molar-refractivity contribution is 0.326. The van der Waals surface area contributed by atoms with Crippen LogP contribution in [0.3, 0.4) is 0 Å². The highest BCUT2D eigenvalue weighted by Crippen LogP contribution is 2.30. The Morgan fingerprint density at radius 1 is 1.14 bits per heavy atom. The third-order valence-electron chi connectivity index (χ3n) is 2.41. The molecule has 0 fully saturated rings. The van der Waals surface area contributed by atoms with Crippen LogP contribution in [0.25, 0.3) is 0 Å². The lowest BCUT2D eigenvalue weighted by Crippen LogP contribution is -2.26. The minimum atomic E-state index is 0.0633. The van der Waals surface area contributed by atoms with Gasteiger partial charge in [-0.25, -0.2) is 0 Å². The molecule has 1 atom stereocenters. The number of ether oxygens (including phenoxy) is 1. The van der Waals surface area contributed by atoms with Crippen molar-refractivity contribution in [3.8, 4) is 5.75 Å². The molecule has 0 aliphatic rings. The van der Waals surface area contributed by atoms with E-state index in [9.17, 15) is 0 Å². The minimum Gasteiger partial charge on any atom is -0.497 e. The quantitative estimate of drug-likeness (QED) is 0.783. The van der Waals surface area contributed by atoms with Crippen LogP contribution in [-0.2, 0) is 0 Å². The lowest BCUT2D eigenvalue weighted by atomic mass is 9.83. The molecule has 0 amide bonds. The summed E-state index contributed by atoms with van der Waals surface area (Å²) in [5.41, 5.74) is 7.37. The van der Waals surface area contributed by atoms with Crippen molar-refractivity contribution in [1.82, 2.24) is 0 Å². The van der Waals surface area contributed by atoms with E-state index in [1.807, 2.05) is 24.3 Å². The molecule has 1 aromatic rings. The molecule has 0 radical (unpaired) electrons. The summed E-state index contributed by atoms with van der Waals surface area (Å²) < 4.78 is 5.09. The first kappa shape index (κ1) is 11.1. The molecular weight excluding hydrogens is 174 g/mol. The maximum atomic E-state index is 6.12. The second kappa shape index (κ2) is 4.01. The largest absolute Gasteiger partial charge is 0.497 e. The maximum Gasteiger partial charge on any atom is 0.118 e. The second-order valence-corrected chi connectivity index (χ2v) is 4.62. The van der Waals surface area contributed by atoms with Gasteiger partial charge in [0.25, 0.3) is 0 Å². The van der Waals surface area contributed by atoms with Gasteiger partial charge in [-0.3, -0.25) is 0 Å². The molecule has 0 saturated heterocycles. The predicted octanol–water partition coefficient (Wildman–Crippen LogP) is 2.74. The number of methoxy groups -OCH3 is 1. The van der Waals surface area contributed by atoms with Gasteiger partial charge in [-0.2, -0.15) is 0 Å². The maximum absolute atomic E-state index is 6.12. The van der Waals surface area contributed by atoms with E-state index >= 15 is 0 Å². The van der Waals surface area contributed by atoms with Crippen molar-refractivity contribution >= 4 is 0 Å². The van der Waals surface area contributed by atoms with Gasteiger partial charge in [-0.05, 0) is 23.1 Å². The monoisotopic (exact) mass is 193 g/mol. The van der Waals surface area contributed by atoms with Crippen LogP contribution in [0, 0.1) is 5.41 Å². The number of benzene rings is 1. The summed E-state index contributed by atoms with van der Waals surface area (Å²) in [4.78, 5) is 0. The van der Waals surface area contributed by atoms with Crippen LogP contribution < -0.4 is 10.5 Å². The average Bonchev–Trinajstić information content (AvgIpc) is 2.15. The second-order valence-electron chi connectivity index (χ2n) is 4.62. The predicted molar refractivity (Wildman–Crippen MR) is 59.4 cm³/mol. The van der Waals surface area contributed by atoms with Gasteiger partial charge in [0.1, 0.15) is 5.75 Å². The van der Waals surface area contributed by atoms with Crippen molar-refractivity contribution < 1.29 is 4.74 Å². The Balaban J connectivity index is 2.87. The summed E-state index contributed by atoms with van der Waals surface area (Å²) in [5, 5.41) is 0. The summed E-state index contributed by atoms with van der Waals surface area (Å²) in [7, 11) is 1.67. The van der Waals surface area contributed by atoms with Crippen LogP contribution in [0.15, 0.2) is 24.3 Å². The SMILES string of the molecule is COc1ccc([C@@H](N)C(C)(C)C)cc1. The Labute approximate surface area is 86.1 Å².